The minimum absolute atomic E-state index is 0.187. The summed E-state index contributed by atoms with van der Waals surface area (Å²) in [5.41, 5.74) is 0. The molecule has 1 rings (SSSR count). The average Bonchev–Trinajstić information content (AvgIpc) is 3.07. The first-order valence-corrected chi connectivity index (χ1v) is 19.1. The number of carbonyl (C=O) groups is 1. The van der Waals surface area contributed by atoms with E-state index in [1.165, 1.54) is 89.9 Å². The summed E-state index contributed by atoms with van der Waals surface area (Å²) >= 11 is 0. The number of amides is 1. The minimum atomic E-state index is -1.56. The fourth-order valence-corrected chi connectivity index (χ4v) is 5.85. The summed E-state index contributed by atoms with van der Waals surface area (Å²) in [6, 6.07) is -0.800. The van der Waals surface area contributed by atoms with Crippen molar-refractivity contribution in [1.82, 2.24) is 5.32 Å². The zero-order chi connectivity index (χ0) is 34.5. The fourth-order valence-electron chi connectivity index (χ4n) is 5.85. The molecule has 47 heavy (non-hydrogen) atoms. The monoisotopic (exact) mass is 670 g/mol. The van der Waals surface area contributed by atoms with Gasteiger partial charge in [0.1, 0.15) is 24.4 Å². The second-order valence-corrected chi connectivity index (χ2v) is 13.4. The molecule has 9 nitrogen and oxygen atoms in total. The summed E-state index contributed by atoms with van der Waals surface area (Å²) in [7, 11) is 0. The van der Waals surface area contributed by atoms with Crippen molar-refractivity contribution < 1.29 is 39.8 Å². The Morgan fingerprint density at radius 1 is 0.702 bits per heavy atom. The molecule has 0 aromatic heterocycles. The third-order valence-electron chi connectivity index (χ3n) is 9.02. The van der Waals surface area contributed by atoms with Crippen molar-refractivity contribution in [1.29, 1.82) is 0 Å². The van der Waals surface area contributed by atoms with Crippen LogP contribution < -0.4 is 5.32 Å². The first-order chi connectivity index (χ1) is 22.8. The van der Waals surface area contributed by atoms with E-state index in [9.17, 15) is 30.3 Å². The maximum absolute atomic E-state index is 12.8. The number of carbonyl (C=O) groups excluding carboxylic acids is 1. The second kappa shape index (κ2) is 29.6. The van der Waals surface area contributed by atoms with Crippen LogP contribution in [-0.4, -0.2) is 87.5 Å². The first kappa shape index (κ1) is 43.7. The number of aliphatic hydroxyl groups excluding tert-OH is 5. The molecule has 9 heteroatoms. The largest absolute Gasteiger partial charge is 0.394 e. The number of unbranched alkanes of at least 4 members (excludes halogenated alkanes) is 18. The number of nitrogens with one attached hydrogen (secondary N) is 1. The van der Waals surface area contributed by atoms with Gasteiger partial charge >= 0.3 is 0 Å². The van der Waals surface area contributed by atoms with Gasteiger partial charge in [-0.05, 0) is 44.9 Å². The maximum atomic E-state index is 12.8. The molecule has 0 radical (unpaired) electrons. The number of hydrogen-bond acceptors (Lipinski definition) is 8. The van der Waals surface area contributed by atoms with Crippen molar-refractivity contribution in [3.05, 3.63) is 24.3 Å². The summed E-state index contributed by atoms with van der Waals surface area (Å²) in [5.74, 6) is -0.187. The Morgan fingerprint density at radius 3 is 1.74 bits per heavy atom. The van der Waals surface area contributed by atoms with Crippen LogP contribution in [-0.2, 0) is 14.3 Å². The third kappa shape index (κ3) is 21.4. The molecule has 0 aromatic carbocycles. The molecule has 0 bridgehead atoms. The van der Waals surface area contributed by atoms with Crippen LogP contribution in [0.3, 0.4) is 0 Å². The molecular weight excluding hydrogens is 598 g/mol. The van der Waals surface area contributed by atoms with Gasteiger partial charge in [0.15, 0.2) is 6.29 Å². The van der Waals surface area contributed by atoms with Crippen LogP contribution >= 0.6 is 0 Å². The maximum Gasteiger partial charge on any atom is 0.220 e. The van der Waals surface area contributed by atoms with Gasteiger partial charge in [-0.25, -0.2) is 0 Å². The Morgan fingerprint density at radius 2 is 1.19 bits per heavy atom. The molecule has 1 aliphatic rings. The van der Waals surface area contributed by atoms with Gasteiger partial charge in [-0.2, -0.15) is 0 Å². The Kier molecular flexibility index (Phi) is 27.5. The van der Waals surface area contributed by atoms with Crippen molar-refractivity contribution in [2.45, 2.75) is 198 Å². The molecule has 1 heterocycles. The van der Waals surface area contributed by atoms with Crippen LogP contribution in [0, 0.1) is 0 Å². The number of aliphatic hydroxyl groups is 5. The van der Waals surface area contributed by atoms with E-state index in [4.69, 9.17) is 9.47 Å². The molecule has 0 saturated carbocycles. The highest BCUT2D eigenvalue weighted by atomic mass is 16.7. The molecule has 1 fully saturated rings. The van der Waals surface area contributed by atoms with Crippen LogP contribution in [0.4, 0.5) is 0 Å². The highest BCUT2D eigenvalue weighted by molar-refractivity contribution is 5.76. The van der Waals surface area contributed by atoms with Crippen LogP contribution in [0.25, 0.3) is 0 Å². The molecule has 1 saturated heterocycles. The number of allylic oxidation sites excluding steroid dienone is 3. The number of hydrogen-bond donors (Lipinski definition) is 6. The minimum Gasteiger partial charge on any atom is -0.394 e. The lowest BCUT2D eigenvalue weighted by Crippen LogP contribution is -2.60. The summed E-state index contributed by atoms with van der Waals surface area (Å²) in [6.07, 6.45) is 25.1. The van der Waals surface area contributed by atoms with Crippen molar-refractivity contribution in [2.75, 3.05) is 13.2 Å². The average molecular weight is 670 g/mol. The molecule has 7 unspecified atom stereocenters. The van der Waals surface area contributed by atoms with Crippen molar-refractivity contribution in [2.24, 2.45) is 0 Å². The zero-order valence-corrected chi connectivity index (χ0v) is 29.8. The number of ether oxygens (including phenoxy) is 2. The van der Waals surface area contributed by atoms with Crippen LogP contribution in [0.5, 0.6) is 0 Å². The van der Waals surface area contributed by atoms with Gasteiger partial charge in [0.05, 0.1) is 25.4 Å². The van der Waals surface area contributed by atoms with Crippen LogP contribution in [0.15, 0.2) is 24.3 Å². The van der Waals surface area contributed by atoms with Gasteiger partial charge in [0.25, 0.3) is 0 Å². The molecule has 6 N–H and O–H groups in total. The van der Waals surface area contributed by atoms with E-state index < -0.39 is 49.5 Å². The summed E-state index contributed by atoms with van der Waals surface area (Å²) in [4.78, 5) is 12.8. The summed E-state index contributed by atoms with van der Waals surface area (Å²) in [6.45, 7) is 3.70. The van der Waals surface area contributed by atoms with E-state index in [0.29, 0.717) is 6.42 Å². The van der Waals surface area contributed by atoms with Crippen molar-refractivity contribution >= 4 is 5.91 Å². The SMILES string of the molecule is CCCCCC/C=C\CCCCCCCCCC(=O)NC(COC1OC(CO)C(O)C(O)C1O)C(O)/C=C/CCCCCCCCC. The molecule has 0 spiro atoms. The Balaban J connectivity index is 2.43. The van der Waals surface area contributed by atoms with Gasteiger partial charge < -0.3 is 40.3 Å². The molecule has 1 aliphatic heterocycles. The molecular formula is C38H71NO8. The normalized spacial score (nSPS) is 23.1. The zero-order valence-electron chi connectivity index (χ0n) is 29.8. The third-order valence-corrected chi connectivity index (χ3v) is 9.02. The number of rotatable bonds is 30. The molecule has 1 amide bonds. The predicted octanol–water partition coefficient (Wildman–Crippen LogP) is 6.38. The van der Waals surface area contributed by atoms with E-state index in [0.717, 1.165) is 44.9 Å². The Labute approximate surface area is 286 Å². The van der Waals surface area contributed by atoms with Crippen molar-refractivity contribution in [3.63, 3.8) is 0 Å². The van der Waals surface area contributed by atoms with Gasteiger partial charge in [0, 0.05) is 6.42 Å². The quantitative estimate of drug-likeness (QED) is 0.0381. The van der Waals surface area contributed by atoms with Gasteiger partial charge in [-0.1, -0.05) is 128 Å². The van der Waals surface area contributed by atoms with Crippen LogP contribution in [0.1, 0.15) is 155 Å². The molecule has 0 aliphatic carbocycles. The lowest BCUT2D eigenvalue weighted by atomic mass is 9.99. The van der Waals surface area contributed by atoms with Crippen molar-refractivity contribution in [3.8, 4) is 0 Å². The Hall–Kier alpha value is -1.33. The van der Waals surface area contributed by atoms with Gasteiger partial charge in [0.2, 0.25) is 5.91 Å². The van der Waals surface area contributed by atoms with E-state index in [-0.39, 0.29) is 12.5 Å². The smallest absolute Gasteiger partial charge is 0.220 e. The molecule has 0 aromatic rings. The van der Waals surface area contributed by atoms with Gasteiger partial charge in [-0.3, -0.25) is 4.79 Å². The van der Waals surface area contributed by atoms with E-state index >= 15 is 0 Å². The van der Waals surface area contributed by atoms with E-state index in [1.807, 2.05) is 6.08 Å². The lowest BCUT2D eigenvalue weighted by Gasteiger charge is -2.40. The van der Waals surface area contributed by atoms with E-state index in [1.54, 1.807) is 6.08 Å². The van der Waals surface area contributed by atoms with Crippen LogP contribution in [0.2, 0.25) is 0 Å². The Bertz CT molecular complexity index is 792. The topological polar surface area (TPSA) is 149 Å². The van der Waals surface area contributed by atoms with E-state index in [2.05, 4.69) is 31.3 Å². The summed E-state index contributed by atoms with van der Waals surface area (Å²) in [5, 5.41) is 53.8. The summed E-state index contributed by atoms with van der Waals surface area (Å²) < 4.78 is 11.1. The lowest BCUT2D eigenvalue weighted by molar-refractivity contribution is -0.302. The molecule has 7 atom stereocenters. The molecule has 276 valence electrons. The predicted molar refractivity (Wildman–Crippen MR) is 189 cm³/mol. The highest BCUT2D eigenvalue weighted by Crippen LogP contribution is 2.22. The highest BCUT2D eigenvalue weighted by Gasteiger charge is 2.44. The van der Waals surface area contributed by atoms with Gasteiger partial charge in [-0.15, -0.1) is 0 Å². The second-order valence-electron chi connectivity index (χ2n) is 13.4. The standard InChI is InChI=1S/C38H71NO8/c1-3-5-7-9-11-13-14-15-16-17-18-20-22-24-26-28-34(42)39-31(32(41)27-25-23-21-19-12-10-8-6-4-2)30-46-38-37(45)36(44)35(43)33(29-40)47-38/h13-14,25,27,31-33,35-38,40-41,43-45H,3-12,15-24,26,28-30H2,1-2H3,(H,39,42)/b14-13-,27-25+. The first-order valence-electron chi connectivity index (χ1n) is 19.1. The fraction of sp³-hybridized carbons (Fsp3) is 0.868.